The smallest absolute Gasteiger partial charge is 0.129 e. The molecule has 0 bridgehead atoms. The molecule has 90 valence electrons. The highest BCUT2D eigenvalue weighted by Crippen LogP contribution is 2.32. The molecule has 2 rings (SSSR count). The first-order valence-electron chi connectivity index (χ1n) is 5.55. The van der Waals surface area contributed by atoms with Crippen molar-refractivity contribution >= 4 is 32.7 Å². The molecule has 0 aliphatic rings. The molecule has 0 atom stereocenters. The molecule has 0 saturated carbocycles. The molecule has 1 aromatic heterocycles. The number of pyridine rings is 1. The average Bonchev–Trinajstić information content (AvgIpc) is 2.32. The molecule has 0 aliphatic carbocycles. The molecule has 1 heterocycles. The number of aryl methyl sites for hydroxylation is 1. The summed E-state index contributed by atoms with van der Waals surface area (Å²) in [6, 6.07) is 6.00. The number of rotatable bonds is 3. The molecule has 2 aromatic rings. The van der Waals surface area contributed by atoms with E-state index in [2.05, 4.69) is 39.2 Å². The summed E-state index contributed by atoms with van der Waals surface area (Å²) in [4.78, 5) is 4.63. The summed E-state index contributed by atoms with van der Waals surface area (Å²) in [5, 5.41) is 4.29. The molecular formula is C13H15BrN2O. The van der Waals surface area contributed by atoms with Gasteiger partial charge in [0.1, 0.15) is 11.6 Å². The van der Waals surface area contributed by atoms with Crippen molar-refractivity contribution in [1.82, 2.24) is 4.98 Å². The van der Waals surface area contributed by atoms with Crippen molar-refractivity contribution in [1.29, 1.82) is 0 Å². The molecule has 0 amide bonds. The van der Waals surface area contributed by atoms with E-state index in [0.717, 1.165) is 39.1 Å². The maximum Gasteiger partial charge on any atom is 0.129 e. The summed E-state index contributed by atoms with van der Waals surface area (Å²) in [6.07, 6.45) is 0. The molecule has 0 spiro atoms. The molecule has 3 nitrogen and oxygen atoms in total. The molecule has 1 N–H and O–H groups in total. The van der Waals surface area contributed by atoms with Crippen LogP contribution in [0.4, 0.5) is 5.82 Å². The van der Waals surface area contributed by atoms with E-state index >= 15 is 0 Å². The molecule has 4 heteroatoms. The van der Waals surface area contributed by atoms with Crippen LogP contribution in [0.3, 0.4) is 0 Å². The van der Waals surface area contributed by atoms with E-state index in [-0.39, 0.29) is 0 Å². The maximum atomic E-state index is 5.36. The van der Waals surface area contributed by atoms with Gasteiger partial charge in [-0.05, 0) is 53.5 Å². The quantitative estimate of drug-likeness (QED) is 0.936. The van der Waals surface area contributed by atoms with Crippen LogP contribution in [-0.2, 0) is 0 Å². The zero-order valence-electron chi connectivity index (χ0n) is 10.2. The molecular weight excluding hydrogens is 280 g/mol. The van der Waals surface area contributed by atoms with Gasteiger partial charge in [-0.15, -0.1) is 0 Å². The van der Waals surface area contributed by atoms with E-state index in [1.54, 1.807) is 7.11 Å². The lowest BCUT2D eigenvalue weighted by atomic mass is 10.1. The highest BCUT2D eigenvalue weighted by Gasteiger charge is 2.09. The lowest BCUT2D eigenvalue weighted by molar-refractivity contribution is 0.419. The van der Waals surface area contributed by atoms with Crippen LogP contribution in [0.5, 0.6) is 5.75 Å². The van der Waals surface area contributed by atoms with Crippen LogP contribution < -0.4 is 10.1 Å². The number of hydrogen-bond acceptors (Lipinski definition) is 3. The predicted molar refractivity (Wildman–Crippen MR) is 74.9 cm³/mol. The van der Waals surface area contributed by atoms with Gasteiger partial charge >= 0.3 is 0 Å². The molecule has 0 radical (unpaired) electrons. The molecule has 17 heavy (non-hydrogen) atoms. The number of ether oxygens (including phenoxy) is 1. The molecule has 0 saturated heterocycles. The monoisotopic (exact) mass is 294 g/mol. The van der Waals surface area contributed by atoms with Crippen molar-refractivity contribution in [2.24, 2.45) is 0 Å². The first kappa shape index (κ1) is 12.2. The van der Waals surface area contributed by atoms with Gasteiger partial charge in [-0.2, -0.15) is 0 Å². The fraction of sp³-hybridized carbons (Fsp3) is 0.308. The van der Waals surface area contributed by atoms with Crippen LogP contribution in [0.2, 0.25) is 0 Å². The number of nitrogens with zero attached hydrogens (tertiary/aromatic N) is 1. The Kier molecular flexibility index (Phi) is 3.52. The van der Waals surface area contributed by atoms with Crippen LogP contribution in [-0.4, -0.2) is 18.6 Å². The standard InChI is InChI=1S/C13H15BrN2O/c1-4-15-13-8(2)7-9-11(17-3)6-5-10(14)12(9)16-13/h5-7H,4H2,1-3H3,(H,15,16). The Labute approximate surface area is 109 Å². The highest BCUT2D eigenvalue weighted by atomic mass is 79.9. The fourth-order valence-corrected chi connectivity index (χ4v) is 2.26. The van der Waals surface area contributed by atoms with Gasteiger partial charge in [0.25, 0.3) is 0 Å². The second-order valence-corrected chi connectivity index (χ2v) is 4.68. The SMILES string of the molecule is CCNc1nc2c(Br)ccc(OC)c2cc1C. The van der Waals surface area contributed by atoms with Gasteiger partial charge in [-0.1, -0.05) is 0 Å². The van der Waals surface area contributed by atoms with E-state index < -0.39 is 0 Å². The summed E-state index contributed by atoms with van der Waals surface area (Å²) in [6.45, 7) is 4.97. The van der Waals surface area contributed by atoms with E-state index in [1.165, 1.54) is 0 Å². The first-order valence-corrected chi connectivity index (χ1v) is 6.34. The Morgan fingerprint density at radius 2 is 2.18 bits per heavy atom. The zero-order valence-corrected chi connectivity index (χ0v) is 11.8. The van der Waals surface area contributed by atoms with E-state index in [1.807, 2.05) is 19.1 Å². The lowest BCUT2D eigenvalue weighted by Gasteiger charge is -2.11. The van der Waals surface area contributed by atoms with Gasteiger partial charge in [0, 0.05) is 16.4 Å². The van der Waals surface area contributed by atoms with Crippen molar-refractivity contribution in [3.63, 3.8) is 0 Å². The second-order valence-electron chi connectivity index (χ2n) is 3.83. The number of nitrogens with one attached hydrogen (secondary N) is 1. The van der Waals surface area contributed by atoms with Crippen LogP contribution in [0.15, 0.2) is 22.7 Å². The first-order chi connectivity index (χ1) is 8.17. The Hall–Kier alpha value is -1.29. The normalized spacial score (nSPS) is 10.6. The predicted octanol–water partition coefficient (Wildman–Crippen LogP) is 3.75. The van der Waals surface area contributed by atoms with Gasteiger partial charge in [0.15, 0.2) is 0 Å². The molecule has 0 aliphatic heterocycles. The van der Waals surface area contributed by atoms with E-state index in [0.29, 0.717) is 0 Å². The fourth-order valence-electron chi connectivity index (χ4n) is 1.83. The third-order valence-electron chi connectivity index (χ3n) is 2.65. The summed E-state index contributed by atoms with van der Waals surface area (Å²) in [5.41, 5.74) is 2.04. The minimum atomic E-state index is 0.849. The van der Waals surface area contributed by atoms with Crippen molar-refractivity contribution in [2.45, 2.75) is 13.8 Å². The third-order valence-corrected chi connectivity index (χ3v) is 3.29. The van der Waals surface area contributed by atoms with Gasteiger partial charge < -0.3 is 10.1 Å². The summed E-state index contributed by atoms with van der Waals surface area (Å²) in [5.74, 6) is 1.77. The second kappa shape index (κ2) is 4.92. The minimum absolute atomic E-state index is 0.849. The highest BCUT2D eigenvalue weighted by molar-refractivity contribution is 9.10. The van der Waals surface area contributed by atoms with Crippen molar-refractivity contribution < 1.29 is 4.74 Å². The number of methoxy groups -OCH3 is 1. The summed E-state index contributed by atoms with van der Waals surface area (Å²) >= 11 is 3.52. The lowest BCUT2D eigenvalue weighted by Crippen LogP contribution is -2.02. The summed E-state index contributed by atoms with van der Waals surface area (Å²) < 4.78 is 6.34. The van der Waals surface area contributed by atoms with Crippen molar-refractivity contribution in [3.05, 3.63) is 28.2 Å². The molecule has 0 unspecified atom stereocenters. The van der Waals surface area contributed by atoms with Crippen molar-refractivity contribution in [2.75, 3.05) is 19.0 Å². The largest absolute Gasteiger partial charge is 0.496 e. The summed E-state index contributed by atoms with van der Waals surface area (Å²) in [7, 11) is 1.68. The van der Waals surface area contributed by atoms with E-state index in [9.17, 15) is 0 Å². The number of anilines is 1. The molecule has 0 fully saturated rings. The molecule has 1 aromatic carbocycles. The number of hydrogen-bond donors (Lipinski definition) is 1. The Morgan fingerprint density at radius 1 is 1.41 bits per heavy atom. The van der Waals surface area contributed by atoms with Gasteiger partial charge in [-0.25, -0.2) is 4.98 Å². The Morgan fingerprint density at radius 3 is 2.82 bits per heavy atom. The minimum Gasteiger partial charge on any atom is -0.496 e. The van der Waals surface area contributed by atoms with Gasteiger partial charge in [0.2, 0.25) is 0 Å². The van der Waals surface area contributed by atoms with Crippen LogP contribution >= 0.6 is 15.9 Å². The third kappa shape index (κ3) is 2.22. The van der Waals surface area contributed by atoms with E-state index in [4.69, 9.17) is 4.74 Å². The Bertz CT molecular complexity index is 555. The van der Waals surface area contributed by atoms with Crippen molar-refractivity contribution in [3.8, 4) is 5.75 Å². The van der Waals surface area contributed by atoms with Crippen LogP contribution in [0.1, 0.15) is 12.5 Å². The zero-order chi connectivity index (χ0) is 12.4. The van der Waals surface area contributed by atoms with Crippen LogP contribution in [0, 0.1) is 6.92 Å². The number of fused-ring (bicyclic) bond motifs is 1. The van der Waals surface area contributed by atoms with Crippen LogP contribution in [0.25, 0.3) is 10.9 Å². The topological polar surface area (TPSA) is 34.2 Å². The average molecular weight is 295 g/mol. The number of benzene rings is 1. The number of aromatic nitrogens is 1. The number of halogens is 1. The van der Waals surface area contributed by atoms with Gasteiger partial charge in [-0.3, -0.25) is 0 Å². The maximum absolute atomic E-state index is 5.36. The van der Waals surface area contributed by atoms with Gasteiger partial charge in [0.05, 0.1) is 12.6 Å². The Balaban J connectivity index is 2.72.